The molecule has 1 aromatic heterocycles. The zero-order chi connectivity index (χ0) is 28.4. The van der Waals surface area contributed by atoms with Crippen LogP contribution in [-0.2, 0) is 22.7 Å². The van der Waals surface area contributed by atoms with Crippen molar-refractivity contribution in [1.82, 2.24) is 20.1 Å². The summed E-state index contributed by atoms with van der Waals surface area (Å²) in [5.74, 6) is 0.936. The summed E-state index contributed by atoms with van der Waals surface area (Å²) in [6.45, 7) is 5.97. The molecule has 204 valence electrons. The number of non-ortho nitro benzene ring substituents is 1. The first kappa shape index (κ1) is 28.9. The summed E-state index contributed by atoms with van der Waals surface area (Å²) in [6.07, 6.45) is 4.70. The number of amides is 2. The van der Waals surface area contributed by atoms with E-state index in [4.69, 9.17) is 9.47 Å². The topological polar surface area (TPSA) is 151 Å². The van der Waals surface area contributed by atoms with Gasteiger partial charge in [-0.3, -0.25) is 19.7 Å². The molecule has 1 heterocycles. The van der Waals surface area contributed by atoms with Crippen molar-refractivity contribution < 1.29 is 24.0 Å². The van der Waals surface area contributed by atoms with E-state index in [-0.39, 0.29) is 29.8 Å². The van der Waals surface area contributed by atoms with Crippen LogP contribution >= 0.6 is 11.8 Å². The highest BCUT2D eigenvalue weighted by molar-refractivity contribution is 7.99. The van der Waals surface area contributed by atoms with Crippen molar-refractivity contribution in [3.8, 4) is 11.5 Å². The monoisotopic (exact) mass is 552 g/mol. The van der Waals surface area contributed by atoms with Crippen LogP contribution in [0, 0.1) is 17.0 Å². The summed E-state index contributed by atoms with van der Waals surface area (Å²) < 4.78 is 12.2. The van der Waals surface area contributed by atoms with Gasteiger partial charge in [-0.25, -0.2) is 0 Å². The number of thioether (sulfide) groups is 1. The molecule has 0 unspecified atom stereocenters. The van der Waals surface area contributed by atoms with Crippen LogP contribution in [0.15, 0.2) is 60.3 Å². The summed E-state index contributed by atoms with van der Waals surface area (Å²) in [7, 11) is 3.08. The van der Waals surface area contributed by atoms with E-state index in [0.29, 0.717) is 40.3 Å². The molecule has 0 aliphatic heterocycles. The van der Waals surface area contributed by atoms with E-state index < -0.39 is 4.92 Å². The number of carbonyl (C=O) groups excluding carboxylic acids is 2. The van der Waals surface area contributed by atoms with Gasteiger partial charge in [-0.15, -0.1) is 16.8 Å². The molecule has 3 aromatic rings. The van der Waals surface area contributed by atoms with Gasteiger partial charge in [0.1, 0.15) is 0 Å². The Bertz CT molecular complexity index is 1400. The highest BCUT2D eigenvalue weighted by atomic mass is 32.2. The minimum Gasteiger partial charge on any atom is -0.493 e. The van der Waals surface area contributed by atoms with Gasteiger partial charge in [0, 0.05) is 24.8 Å². The van der Waals surface area contributed by atoms with Gasteiger partial charge < -0.3 is 24.7 Å². The van der Waals surface area contributed by atoms with Crippen molar-refractivity contribution in [2.45, 2.75) is 25.2 Å². The lowest BCUT2D eigenvalue weighted by atomic mass is 10.2. The number of nitrogens with one attached hydrogen (secondary N) is 2. The maximum Gasteiger partial charge on any atom is 0.271 e. The molecule has 0 saturated carbocycles. The molecule has 0 radical (unpaired) electrons. The van der Waals surface area contributed by atoms with Gasteiger partial charge in [0.15, 0.2) is 22.5 Å². The zero-order valence-corrected chi connectivity index (χ0v) is 22.5. The highest BCUT2D eigenvalue weighted by Crippen LogP contribution is 2.28. The lowest BCUT2D eigenvalue weighted by molar-refractivity contribution is -0.384. The number of ether oxygens (including phenoxy) is 2. The fourth-order valence-electron chi connectivity index (χ4n) is 3.40. The maximum absolute atomic E-state index is 12.5. The molecular formula is C26H28N6O6S. The van der Waals surface area contributed by atoms with E-state index in [2.05, 4.69) is 27.4 Å². The summed E-state index contributed by atoms with van der Waals surface area (Å²) in [6, 6.07) is 9.57. The molecule has 3 rings (SSSR count). The Hall–Kier alpha value is -4.65. The number of nitrogens with zero attached hydrogens (tertiary/aromatic N) is 4. The lowest BCUT2D eigenvalue weighted by Gasteiger charge is -2.10. The van der Waals surface area contributed by atoms with Crippen LogP contribution in [0.1, 0.15) is 17.0 Å². The van der Waals surface area contributed by atoms with E-state index in [1.165, 1.54) is 25.3 Å². The van der Waals surface area contributed by atoms with Crippen molar-refractivity contribution in [1.29, 1.82) is 0 Å². The van der Waals surface area contributed by atoms with Crippen LogP contribution in [0.25, 0.3) is 6.08 Å². The number of nitro groups is 1. The molecule has 0 spiro atoms. The van der Waals surface area contributed by atoms with E-state index in [1.54, 1.807) is 55.0 Å². The molecule has 39 heavy (non-hydrogen) atoms. The molecule has 2 amide bonds. The number of carbonyl (C=O) groups is 2. The van der Waals surface area contributed by atoms with E-state index in [9.17, 15) is 19.7 Å². The van der Waals surface area contributed by atoms with Crippen LogP contribution < -0.4 is 20.1 Å². The molecular weight excluding hydrogens is 524 g/mol. The first-order chi connectivity index (χ1) is 18.7. The average Bonchev–Trinajstić information content (AvgIpc) is 3.31. The summed E-state index contributed by atoms with van der Waals surface area (Å²) in [5, 5.41) is 25.2. The molecule has 0 aliphatic carbocycles. The standard InChI is InChI=1S/C26H28N6O6S/c1-5-12-31-23(15-27-24(33)11-8-18-7-10-21(37-3)22(13-18)38-4)29-30-26(31)39-16-25(34)28-20-14-19(32(35)36)9-6-17(20)2/h5-11,13-14H,1,12,15-16H2,2-4H3,(H,27,33)(H,28,34). The summed E-state index contributed by atoms with van der Waals surface area (Å²) in [4.78, 5) is 35.4. The first-order valence-corrected chi connectivity index (χ1v) is 12.6. The Kier molecular flexibility index (Phi) is 10.2. The van der Waals surface area contributed by atoms with E-state index in [1.807, 2.05) is 0 Å². The Morgan fingerprint density at radius 2 is 1.92 bits per heavy atom. The maximum atomic E-state index is 12.5. The molecule has 0 fully saturated rings. The van der Waals surface area contributed by atoms with Crippen molar-refractivity contribution in [3.63, 3.8) is 0 Å². The van der Waals surface area contributed by atoms with E-state index >= 15 is 0 Å². The molecule has 0 saturated heterocycles. The minimum atomic E-state index is -0.520. The molecule has 0 atom stereocenters. The van der Waals surface area contributed by atoms with Crippen LogP contribution in [0.2, 0.25) is 0 Å². The van der Waals surface area contributed by atoms with Crippen LogP contribution in [0.3, 0.4) is 0 Å². The molecule has 0 bridgehead atoms. The number of nitro benzene ring substituents is 1. The average molecular weight is 553 g/mol. The fraction of sp³-hybridized carbons (Fsp3) is 0.231. The number of methoxy groups -OCH3 is 2. The third-order valence-corrected chi connectivity index (χ3v) is 6.37. The number of allylic oxidation sites excluding steroid dienone is 1. The van der Waals surface area contributed by atoms with Gasteiger partial charge in [-0.05, 0) is 36.3 Å². The molecule has 2 aromatic carbocycles. The first-order valence-electron chi connectivity index (χ1n) is 11.6. The SMILES string of the molecule is C=CCn1c(CNC(=O)C=Cc2ccc(OC)c(OC)c2)nnc1SCC(=O)Nc1cc([N+](=O)[O-])ccc1C. The highest BCUT2D eigenvalue weighted by Gasteiger charge is 2.16. The third kappa shape index (κ3) is 7.92. The number of rotatable bonds is 13. The quantitative estimate of drug-likeness (QED) is 0.106. The van der Waals surface area contributed by atoms with Crippen molar-refractivity contribution >= 4 is 41.0 Å². The number of hydrogen-bond acceptors (Lipinski definition) is 9. The summed E-state index contributed by atoms with van der Waals surface area (Å²) in [5.41, 5.74) is 1.72. The van der Waals surface area contributed by atoms with Gasteiger partial charge in [-0.1, -0.05) is 30.0 Å². The summed E-state index contributed by atoms with van der Waals surface area (Å²) >= 11 is 1.15. The van der Waals surface area contributed by atoms with Gasteiger partial charge in [0.05, 0.1) is 37.1 Å². The Morgan fingerprint density at radius 3 is 2.62 bits per heavy atom. The minimum absolute atomic E-state index is 0.00215. The molecule has 2 N–H and O–H groups in total. The van der Waals surface area contributed by atoms with Crippen LogP contribution in [-0.4, -0.2) is 51.5 Å². The molecule has 13 heteroatoms. The normalized spacial score (nSPS) is 10.7. The number of aromatic nitrogens is 3. The largest absolute Gasteiger partial charge is 0.493 e. The zero-order valence-electron chi connectivity index (χ0n) is 21.7. The second kappa shape index (κ2) is 13.8. The van der Waals surface area contributed by atoms with E-state index in [0.717, 1.165) is 17.3 Å². The van der Waals surface area contributed by atoms with Crippen molar-refractivity contribution in [3.05, 3.63) is 82.2 Å². The second-order valence-corrected chi connectivity index (χ2v) is 9.00. The fourth-order valence-corrected chi connectivity index (χ4v) is 4.16. The predicted octanol–water partition coefficient (Wildman–Crippen LogP) is 3.76. The second-order valence-electron chi connectivity index (χ2n) is 8.06. The van der Waals surface area contributed by atoms with Crippen LogP contribution in [0.4, 0.5) is 11.4 Å². The lowest BCUT2D eigenvalue weighted by Crippen LogP contribution is -2.23. The number of hydrogen-bond donors (Lipinski definition) is 2. The van der Waals surface area contributed by atoms with Gasteiger partial charge in [0.25, 0.3) is 5.69 Å². The van der Waals surface area contributed by atoms with Gasteiger partial charge in [0.2, 0.25) is 11.8 Å². The Morgan fingerprint density at radius 1 is 1.15 bits per heavy atom. The smallest absolute Gasteiger partial charge is 0.271 e. The number of anilines is 1. The Balaban J connectivity index is 1.59. The number of aryl methyl sites for hydroxylation is 1. The Labute approximate surface area is 229 Å². The van der Waals surface area contributed by atoms with Crippen LogP contribution in [0.5, 0.6) is 11.5 Å². The molecule has 12 nitrogen and oxygen atoms in total. The van der Waals surface area contributed by atoms with Gasteiger partial charge in [-0.2, -0.15) is 0 Å². The van der Waals surface area contributed by atoms with Crippen molar-refractivity contribution in [2.24, 2.45) is 0 Å². The predicted molar refractivity (Wildman–Crippen MR) is 148 cm³/mol. The van der Waals surface area contributed by atoms with Crippen molar-refractivity contribution in [2.75, 3.05) is 25.3 Å². The van der Waals surface area contributed by atoms with Gasteiger partial charge >= 0.3 is 0 Å². The third-order valence-electron chi connectivity index (χ3n) is 5.40. The molecule has 0 aliphatic rings. The number of benzene rings is 2.